The lowest BCUT2D eigenvalue weighted by Gasteiger charge is -2.27. The molecule has 0 bridgehead atoms. The average molecular weight is 144 g/mol. The highest BCUT2D eigenvalue weighted by atomic mass is 16.5. The second-order valence-corrected chi connectivity index (χ2v) is 2.73. The standard InChI is InChI=1S/C8H16O2/c1-5-6-8(3,9)7(2)10-4/h5,7,9H,1,6H2,2-4H3. The molecule has 0 aliphatic heterocycles. The first-order valence-electron chi connectivity index (χ1n) is 3.40. The highest BCUT2D eigenvalue weighted by molar-refractivity contribution is 4.87. The van der Waals surface area contributed by atoms with Crippen LogP contribution in [0.25, 0.3) is 0 Å². The van der Waals surface area contributed by atoms with Crippen LogP contribution >= 0.6 is 0 Å². The molecule has 0 saturated carbocycles. The van der Waals surface area contributed by atoms with Crippen molar-refractivity contribution in [2.45, 2.75) is 32.0 Å². The molecule has 60 valence electrons. The van der Waals surface area contributed by atoms with E-state index in [1.807, 2.05) is 6.92 Å². The van der Waals surface area contributed by atoms with Crippen LogP contribution in [-0.4, -0.2) is 23.9 Å². The predicted molar refractivity (Wildman–Crippen MR) is 41.9 cm³/mol. The Morgan fingerprint density at radius 3 is 2.60 bits per heavy atom. The van der Waals surface area contributed by atoms with Gasteiger partial charge in [-0.15, -0.1) is 6.58 Å². The van der Waals surface area contributed by atoms with Crippen molar-refractivity contribution in [3.05, 3.63) is 12.7 Å². The lowest BCUT2D eigenvalue weighted by atomic mass is 9.96. The minimum atomic E-state index is -0.781. The molecule has 0 aromatic heterocycles. The van der Waals surface area contributed by atoms with Crippen molar-refractivity contribution in [1.82, 2.24) is 0 Å². The summed E-state index contributed by atoms with van der Waals surface area (Å²) in [6, 6.07) is 0. The third-order valence-corrected chi connectivity index (χ3v) is 1.79. The Bertz CT molecular complexity index is 108. The molecule has 0 amide bonds. The van der Waals surface area contributed by atoms with Gasteiger partial charge in [-0.1, -0.05) is 6.08 Å². The summed E-state index contributed by atoms with van der Waals surface area (Å²) in [5.74, 6) is 0. The fraction of sp³-hybridized carbons (Fsp3) is 0.750. The Balaban J connectivity index is 3.94. The lowest BCUT2D eigenvalue weighted by molar-refractivity contribution is -0.0699. The van der Waals surface area contributed by atoms with Gasteiger partial charge in [-0.05, 0) is 20.3 Å². The van der Waals surface area contributed by atoms with Crippen LogP contribution in [0.5, 0.6) is 0 Å². The number of ether oxygens (including phenoxy) is 1. The molecule has 2 atom stereocenters. The molecular weight excluding hydrogens is 128 g/mol. The molecule has 0 radical (unpaired) electrons. The fourth-order valence-electron chi connectivity index (χ4n) is 0.712. The molecule has 1 N–H and O–H groups in total. The first kappa shape index (κ1) is 9.66. The van der Waals surface area contributed by atoms with Gasteiger partial charge in [0.05, 0.1) is 11.7 Å². The third kappa shape index (κ3) is 2.50. The largest absolute Gasteiger partial charge is 0.387 e. The summed E-state index contributed by atoms with van der Waals surface area (Å²) in [6.45, 7) is 7.12. The zero-order chi connectivity index (χ0) is 8.20. The van der Waals surface area contributed by atoms with Crippen LogP contribution in [0.15, 0.2) is 12.7 Å². The zero-order valence-corrected chi connectivity index (χ0v) is 6.92. The Labute approximate surface area is 62.5 Å². The van der Waals surface area contributed by atoms with Crippen LogP contribution in [0.3, 0.4) is 0 Å². The van der Waals surface area contributed by atoms with Crippen LogP contribution in [0.4, 0.5) is 0 Å². The van der Waals surface area contributed by atoms with Crippen LogP contribution in [0.1, 0.15) is 20.3 Å². The molecule has 0 aliphatic rings. The second kappa shape index (κ2) is 3.74. The quantitative estimate of drug-likeness (QED) is 0.603. The maximum atomic E-state index is 9.59. The van der Waals surface area contributed by atoms with E-state index in [0.717, 1.165) is 0 Å². The van der Waals surface area contributed by atoms with E-state index in [0.29, 0.717) is 6.42 Å². The molecule has 2 nitrogen and oxygen atoms in total. The van der Waals surface area contributed by atoms with Crippen molar-refractivity contribution in [3.8, 4) is 0 Å². The van der Waals surface area contributed by atoms with Gasteiger partial charge in [-0.2, -0.15) is 0 Å². The molecule has 0 spiro atoms. The minimum Gasteiger partial charge on any atom is -0.387 e. The predicted octanol–water partition coefficient (Wildman–Crippen LogP) is 1.35. The van der Waals surface area contributed by atoms with E-state index in [2.05, 4.69) is 6.58 Å². The lowest BCUT2D eigenvalue weighted by Crippen LogP contribution is -2.37. The maximum Gasteiger partial charge on any atom is 0.0911 e. The molecule has 2 unspecified atom stereocenters. The summed E-state index contributed by atoms with van der Waals surface area (Å²) < 4.78 is 4.97. The zero-order valence-electron chi connectivity index (χ0n) is 6.92. The van der Waals surface area contributed by atoms with Crippen LogP contribution in [-0.2, 0) is 4.74 Å². The van der Waals surface area contributed by atoms with E-state index >= 15 is 0 Å². The minimum absolute atomic E-state index is 0.148. The van der Waals surface area contributed by atoms with Crippen molar-refractivity contribution < 1.29 is 9.84 Å². The van der Waals surface area contributed by atoms with E-state index in [-0.39, 0.29) is 6.10 Å². The molecule has 0 heterocycles. The van der Waals surface area contributed by atoms with Gasteiger partial charge in [0.1, 0.15) is 0 Å². The van der Waals surface area contributed by atoms with Gasteiger partial charge >= 0.3 is 0 Å². The van der Waals surface area contributed by atoms with Gasteiger partial charge < -0.3 is 9.84 Å². The van der Waals surface area contributed by atoms with Crippen molar-refractivity contribution in [1.29, 1.82) is 0 Å². The second-order valence-electron chi connectivity index (χ2n) is 2.73. The molecule has 2 heteroatoms. The SMILES string of the molecule is C=CCC(C)(O)C(C)OC. The summed E-state index contributed by atoms with van der Waals surface area (Å²) in [5, 5.41) is 9.59. The number of aliphatic hydroxyl groups is 1. The fourth-order valence-corrected chi connectivity index (χ4v) is 0.712. The van der Waals surface area contributed by atoms with Gasteiger partial charge in [-0.25, -0.2) is 0 Å². The van der Waals surface area contributed by atoms with Gasteiger partial charge in [0.15, 0.2) is 0 Å². The maximum absolute atomic E-state index is 9.59. The Kier molecular flexibility index (Phi) is 3.61. The number of methoxy groups -OCH3 is 1. The topological polar surface area (TPSA) is 29.5 Å². The monoisotopic (exact) mass is 144 g/mol. The summed E-state index contributed by atoms with van der Waals surface area (Å²) in [7, 11) is 1.59. The Hall–Kier alpha value is -0.340. The highest BCUT2D eigenvalue weighted by Gasteiger charge is 2.26. The van der Waals surface area contributed by atoms with Crippen molar-refractivity contribution in [3.63, 3.8) is 0 Å². The molecule has 0 aliphatic carbocycles. The van der Waals surface area contributed by atoms with E-state index < -0.39 is 5.60 Å². The van der Waals surface area contributed by atoms with Gasteiger partial charge in [-0.3, -0.25) is 0 Å². The summed E-state index contributed by atoms with van der Waals surface area (Å²) >= 11 is 0. The van der Waals surface area contributed by atoms with Crippen LogP contribution < -0.4 is 0 Å². The summed E-state index contributed by atoms with van der Waals surface area (Å²) in [4.78, 5) is 0. The van der Waals surface area contributed by atoms with E-state index in [4.69, 9.17) is 4.74 Å². The third-order valence-electron chi connectivity index (χ3n) is 1.79. The van der Waals surface area contributed by atoms with Crippen LogP contribution in [0.2, 0.25) is 0 Å². The first-order valence-corrected chi connectivity index (χ1v) is 3.40. The molecule has 0 aromatic carbocycles. The number of hydrogen-bond donors (Lipinski definition) is 1. The summed E-state index contributed by atoms with van der Waals surface area (Å²) in [6.07, 6.45) is 2.10. The number of hydrogen-bond acceptors (Lipinski definition) is 2. The summed E-state index contributed by atoms with van der Waals surface area (Å²) in [5.41, 5.74) is -0.781. The van der Waals surface area contributed by atoms with Gasteiger partial charge in [0.25, 0.3) is 0 Å². The van der Waals surface area contributed by atoms with Crippen molar-refractivity contribution >= 4 is 0 Å². The Morgan fingerprint density at radius 1 is 1.80 bits per heavy atom. The van der Waals surface area contributed by atoms with Gasteiger partial charge in [0.2, 0.25) is 0 Å². The van der Waals surface area contributed by atoms with Gasteiger partial charge in [0, 0.05) is 7.11 Å². The normalized spacial score (nSPS) is 19.6. The van der Waals surface area contributed by atoms with Crippen molar-refractivity contribution in [2.24, 2.45) is 0 Å². The molecular formula is C8H16O2. The first-order chi connectivity index (χ1) is 4.54. The van der Waals surface area contributed by atoms with Crippen molar-refractivity contribution in [2.75, 3.05) is 7.11 Å². The smallest absolute Gasteiger partial charge is 0.0911 e. The molecule has 10 heavy (non-hydrogen) atoms. The molecule has 0 rings (SSSR count). The highest BCUT2D eigenvalue weighted by Crippen LogP contribution is 2.16. The van der Waals surface area contributed by atoms with E-state index in [1.165, 1.54) is 0 Å². The molecule has 0 aromatic rings. The molecule has 0 saturated heterocycles. The number of rotatable bonds is 4. The van der Waals surface area contributed by atoms with E-state index in [9.17, 15) is 5.11 Å². The molecule has 0 fully saturated rings. The average Bonchev–Trinajstić information content (AvgIpc) is 1.86. The van der Waals surface area contributed by atoms with Crippen LogP contribution in [0, 0.1) is 0 Å². The Morgan fingerprint density at radius 2 is 2.30 bits per heavy atom. The van der Waals surface area contributed by atoms with E-state index in [1.54, 1.807) is 20.1 Å².